The SMILES string of the molecule is COc1cccc(CN(CC2CNCC2Cc2ccccc2)c2ccc(Cl)cc2)c1. The van der Waals surface area contributed by atoms with E-state index in [0.29, 0.717) is 11.8 Å². The van der Waals surface area contributed by atoms with Crippen LogP contribution >= 0.6 is 11.6 Å². The summed E-state index contributed by atoms with van der Waals surface area (Å²) in [6, 6.07) is 27.4. The van der Waals surface area contributed by atoms with Gasteiger partial charge in [0.25, 0.3) is 0 Å². The van der Waals surface area contributed by atoms with Crippen LogP contribution in [0.4, 0.5) is 5.69 Å². The highest BCUT2D eigenvalue weighted by Crippen LogP contribution is 2.27. The molecular formula is C26H29ClN2O. The number of nitrogens with zero attached hydrogens (tertiary/aromatic N) is 1. The molecule has 0 radical (unpaired) electrons. The van der Waals surface area contributed by atoms with Crippen molar-refractivity contribution < 1.29 is 4.74 Å². The number of hydrogen-bond donors (Lipinski definition) is 1. The van der Waals surface area contributed by atoms with Crippen LogP contribution in [0.1, 0.15) is 11.1 Å². The molecule has 0 saturated carbocycles. The lowest BCUT2D eigenvalue weighted by molar-refractivity contribution is 0.410. The van der Waals surface area contributed by atoms with E-state index in [0.717, 1.165) is 43.4 Å². The molecule has 1 heterocycles. The number of halogens is 1. The molecule has 3 nitrogen and oxygen atoms in total. The lowest BCUT2D eigenvalue weighted by Gasteiger charge is -2.30. The predicted molar refractivity (Wildman–Crippen MR) is 125 cm³/mol. The van der Waals surface area contributed by atoms with Gasteiger partial charge in [0.1, 0.15) is 5.75 Å². The lowest BCUT2D eigenvalue weighted by atomic mass is 9.89. The Balaban J connectivity index is 1.53. The molecule has 156 valence electrons. The second-order valence-electron chi connectivity index (χ2n) is 8.08. The van der Waals surface area contributed by atoms with Crippen LogP contribution in [0.25, 0.3) is 0 Å². The van der Waals surface area contributed by atoms with Crippen LogP contribution in [0.2, 0.25) is 5.02 Å². The summed E-state index contributed by atoms with van der Waals surface area (Å²) in [7, 11) is 1.72. The third-order valence-electron chi connectivity index (χ3n) is 5.97. The Morgan fingerprint density at radius 2 is 1.63 bits per heavy atom. The molecule has 4 heteroatoms. The summed E-state index contributed by atoms with van der Waals surface area (Å²) in [6.07, 6.45) is 1.12. The summed E-state index contributed by atoms with van der Waals surface area (Å²) in [4.78, 5) is 2.47. The fourth-order valence-corrected chi connectivity index (χ4v) is 4.47. The van der Waals surface area contributed by atoms with Gasteiger partial charge in [-0.2, -0.15) is 0 Å². The van der Waals surface area contributed by atoms with Crippen molar-refractivity contribution in [3.8, 4) is 5.75 Å². The predicted octanol–water partition coefficient (Wildman–Crippen LogP) is 5.43. The van der Waals surface area contributed by atoms with Crippen LogP contribution in [0.3, 0.4) is 0 Å². The van der Waals surface area contributed by atoms with E-state index in [9.17, 15) is 0 Å². The third kappa shape index (κ3) is 5.35. The summed E-state index contributed by atoms with van der Waals surface area (Å²) in [5.74, 6) is 2.12. The van der Waals surface area contributed by atoms with Crippen LogP contribution in [0, 0.1) is 11.8 Å². The summed E-state index contributed by atoms with van der Waals surface area (Å²) in [6.45, 7) is 3.98. The minimum atomic E-state index is 0.589. The molecule has 1 saturated heterocycles. The zero-order chi connectivity index (χ0) is 20.8. The van der Waals surface area contributed by atoms with E-state index >= 15 is 0 Å². The molecule has 2 unspecified atom stereocenters. The first kappa shape index (κ1) is 20.8. The van der Waals surface area contributed by atoms with Gasteiger partial charge in [0.2, 0.25) is 0 Å². The van der Waals surface area contributed by atoms with Crippen molar-refractivity contribution in [3.63, 3.8) is 0 Å². The zero-order valence-corrected chi connectivity index (χ0v) is 18.2. The van der Waals surface area contributed by atoms with Gasteiger partial charge in [-0.05, 0) is 78.9 Å². The summed E-state index contributed by atoms with van der Waals surface area (Å²) in [5.41, 5.74) is 3.87. The largest absolute Gasteiger partial charge is 0.497 e. The molecule has 0 aromatic heterocycles. The monoisotopic (exact) mass is 420 g/mol. The van der Waals surface area contributed by atoms with Crippen molar-refractivity contribution in [3.05, 3.63) is 95.0 Å². The van der Waals surface area contributed by atoms with Crippen molar-refractivity contribution in [1.82, 2.24) is 5.32 Å². The molecule has 1 aliphatic rings. The van der Waals surface area contributed by atoms with E-state index in [1.54, 1.807) is 7.11 Å². The Hall–Kier alpha value is -2.49. The van der Waals surface area contributed by atoms with E-state index in [1.807, 2.05) is 18.2 Å². The topological polar surface area (TPSA) is 24.5 Å². The van der Waals surface area contributed by atoms with Crippen LogP contribution in [-0.4, -0.2) is 26.7 Å². The first-order chi connectivity index (χ1) is 14.7. The summed E-state index contributed by atoms with van der Waals surface area (Å²) in [5, 5.41) is 4.39. The standard InChI is InChI=1S/C26H29ClN2O/c1-30-26-9-5-8-21(15-26)18-29(25-12-10-24(27)11-13-25)19-23-17-28-16-22(23)14-20-6-3-2-4-7-20/h2-13,15,22-23,28H,14,16-19H2,1H3. The Labute approximate surface area is 184 Å². The lowest BCUT2D eigenvalue weighted by Crippen LogP contribution is -2.33. The first-order valence-electron chi connectivity index (χ1n) is 10.6. The first-order valence-corrected chi connectivity index (χ1v) is 11.0. The number of ether oxygens (including phenoxy) is 1. The molecule has 4 rings (SSSR count). The number of hydrogen-bond acceptors (Lipinski definition) is 3. The van der Waals surface area contributed by atoms with Gasteiger partial charge in [-0.25, -0.2) is 0 Å². The van der Waals surface area contributed by atoms with Crippen LogP contribution in [0.15, 0.2) is 78.9 Å². The van der Waals surface area contributed by atoms with Crippen molar-refractivity contribution in [2.45, 2.75) is 13.0 Å². The maximum absolute atomic E-state index is 6.15. The molecule has 2 atom stereocenters. The molecule has 1 aliphatic heterocycles. The summed E-state index contributed by atoms with van der Waals surface area (Å²) >= 11 is 6.15. The second kappa shape index (κ2) is 10.0. The van der Waals surface area contributed by atoms with Crippen molar-refractivity contribution >= 4 is 17.3 Å². The highest BCUT2D eigenvalue weighted by molar-refractivity contribution is 6.30. The number of benzene rings is 3. The molecule has 3 aromatic rings. The van der Waals surface area contributed by atoms with Gasteiger partial charge < -0.3 is 15.0 Å². The molecule has 1 N–H and O–H groups in total. The normalized spacial score (nSPS) is 18.3. The van der Waals surface area contributed by atoms with Crippen molar-refractivity contribution in [1.29, 1.82) is 0 Å². The van der Waals surface area contributed by atoms with Crippen molar-refractivity contribution in [2.75, 3.05) is 31.6 Å². The fourth-order valence-electron chi connectivity index (χ4n) is 4.34. The molecule has 0 spiro atoms. The van der Waals surface area contributed by atoms with Gasteiger partial charge in [0.15, 0.2) is 0 Å². The van der Waals surface area contributed by atoms with Gasteiger partial charge in [0.05, 0.1) is 7.11 Å². The van der Waals surface area contributed by atoms with Crippen LogP contribution < -0.4 is 15.0 Å². The third-order valence-corrected chi connectivity index (χ3v) is 6.23. The quantitative estimate of drug-likeness (QED) is 0.525. The average Bonchev–Trinajstić information content (AvgIpc) is 3.21. The molecule has 1 fully saturated rings. The fraction of sp³-hybridized carbons (Fsp3) is 0.308. The van der Waals surface area contributed by atoms with E-state index in [4.69, 9.17) is 16.3 Å². The smallest absolute Gasteiger partial charge is 0.119 e. The van der Waals surface area contributed by atoms with Gasteiger partial charge in [-0.15, -0.1) is 0 Å². The van der Waals surface area contributed by atoms with E-state index in [1.165, 1.54) is 16.8 Å². The van der Waals surface area contributed by atoms with Gasteiger partial charge in [-0.3, -0.25) is 0 Å². The van der Waals surface area contributed by atoms with E-state index in [-0.39, 0.29) is 0 Å². The number of nitrogens with one attached hydrogen (secondary N) is 1. The Morgan fingerprint density at radius 3 is 2.40 bits per heavy atom. The molecule has 0 bridgehead atoms. The molecular weight excluding hydrogens is 392 g/mol. The molecule has 0 amide bonds. The highest BCUT2D eigenvalue weighted by atomic mass is 35.5. The number of methoxy groups -OCH3 is 1. The van der Waals surface area contributed by atoms with E-state index < -0.39 is 0 Å². The molecule has 0 aliphatic carbocycles. The van der Waals surface area contributed by atoms with E-state index in [2.05, 4.69) is 70.9 Å². The minimum Gasteiger partial charge on any atom is -0.497 e. The van der Waals surface area contributed by atoms with Crippen LogP contribution in [-0.2, 0) is 13.0 Å². The average molecular weight is 421 g/mol. The molecule has 30 heavy (non-hydrogen) atoms. The second-order valence-corrected chi connectivity index (χ2v) is 8.51. The zero-order valence-electron chi connectivity index (χ0n) is 17.4. The number of rotatable bonds is 8. The minimum absolute atomic E-state index is 0.589. The van der Waals surface area contributed by atoms with Gasteiger partial charge >= 0.3 is 0 Å². The highest BCUT2D eigenvalue weighted by Gasteiger charge is 2.29. The van der Waals surface area contributed by atoms with Crippen LogP contribution in [0.5, 0.6) is 5.75 Å². The molecule has 3 aromatic carbocycles. The van der Waals surface area contributed by atoms with Crippen molar-refractivity contribution in [2.24, 2.45) is 11.8 Å². The van der Waals surface area contributed by atoms with Gasteiger partial charge in [-0.1, -0.05) is 54.1 Å². The summed E-state index contributed by atoms with van der Waals surface area (Å²) < 4.78 is 5.43. The Morgan fingerprint density at radius 1 is 0.900 bits per heavy atom. The number of anilines is 1. The van der Waals surface area contributed by atoms with Gasteiger partial charge in [0, 0.05) is 23.8 Å². The maximum Gasteiger partial charge on any atom is 0.119 e. The maximum atomic E-state index is 6.15. The Kier molecular flexibility index (Phi) is 6.93. The Bertz CT molecular complexity index is 929.